The first-order valence-corrected chi connectivity index (χ1v) is 6.60. The molecule has 2 bridgehead atoms. The normalized spacial score (nSPS) is 31.3. The molecule has 0 radical (unpaired) electrons. The van der Waals surface area contributed by atoms with Crippen molar-refractivity contribution in [1.82, 2.24) is 15.5 Å². The molecular weight excluding hydrogens is 214 g/mol. The molecule has 94 valence electrons. The SMILES string of the molecule is Cc1n[nH]c(C)c1CNCC1CC2CCC1O2. The molecule has 4 heteroatoms. The molecule has 0 saturated carbocycles. The van der Waals surface area contributed by atoms with Crippen molar-refractivity contribution < 1.29 is 4.74 Å². The maximum atomic E-state index is 5.86. The summed E-state index contributed by atoms with van der Waals surface area (Å²) in [6, 6.07) is 0. The van der Waals surface area contributed by atoms with E-state index in [0.717, 1.165) is 24.7 Å². The molecule has 3 heterocycles. The maximum Gasteiger partial charge on any atom is 0.0638 e. The summed E-state index contributed by atoms with van der Waals surface area (Å²) in [6.45, 7) is 6.13. The van der Waals surface area contributed by atoms with Gasteiger partial charge in [-0.15, -0.1) is 0 Å². The summed E-state index contributed by atoms with van der Waals surface area (Å²) < 4.78 is 5.86. The van der Waals surface area contributed by atoms with Crippen LogP contribution in [0, 0.1) is 19.8 Å². The van der Waals surface area contributed by atoms with Gasteiger partial charge in [0.1, 0.15) is 0 Å². The van der Waals surface area contributed by atoms with Gasteiger partial charge in [0.2, 0.25) is 0 Å². The van der Waals surface area contributed by atoms with Gasteiger partial charge in [-0.25, -0.2) is 0 Å². The Morgan fingerprint density at radius 1 is 1.41 bits per heavy atom. The van der Waals surface area contributed by atoms with Crippen molar-refractivity contribution in [3.8, 4) is 0 Å². The van der Waals surface area contributed by atoms with Gasteiger partial charge in [0.05, 0.1) is 17.9 Å². The second kappa shape index (κ2) is 4.42. The highest BCUT2D eigenvalue weighted by molar-refractivity contribution is 5.22. The molecule has 0 amide bonds. The Morgan fingerprint density at radius 3 is 2.88 bits per heavy atom. The first-order chi connectivity index (χ1) is 8.24. The van der Waals surface area contributed by atoms with Crippen molar-refractivity contribution >= 4 is 0 Å². The molecule has 3 unspecified atom stereocenters. The standard InChI is InChI=1S/C13H21N3O/c1-8-12(9(2)16-15-8)7-14-6-10-5-11-3-4-13(10)17-11/h10-11,13-14H,3-7H2,1-2H3,(H,15,16). The lowest BCUT2D eigenvalue weighted by Gasteiger charge is -2.18. The number of hydrogen-bond donors (Lipinski definition) is 2. The van der Waals surface area contributed by atoms with E-state index in [1.54, 1.807) is 0 Å². The Labute approximate surface area is 102 Å². The Balaban J connectivity index is 1.49. The van der Waals surface area contributed by atoms with Gasteiger partial charge in [0, 0.05) is 30.3 Å². The first-order valence-electron chi connectivity index (χ1n) is 6.60. The minimum absolute atomic E-state index is 0.527. The second-order valence-corrected chi connectivity index (χ2v) is 5.41. The summed E-state index contributed by atoms with van der Waals surface area (Å²) in [5.74, 6) is 0.723. The second-order valence-electron chi connectivity index (χ2n) is 5.41. The van der Waals surface area contributed by atoms with Crippen LogP contribution >= 0.6 is 0 Å². The van der Waals surface area contributed by atoms with Crippen LogP contribution in [0.25, 0.3) is 0 Å². The summed E-state index contributed by atoms with van der Waals surface area (Å²) in [7, 11) is 0. The van der Waals surface area contributed by atoms with Crippen LogP contribution in [-0.2, 0) is 11.3 Å². The monoisotopic (exact) mass is 235 g/mol. The molecule has 1 aromatic heterocycles. The van der Waals surface area contributed by atoms with Gasteiger partial charge in [-0.05, 0) is 33.1 Å². The number of fused-ring (bicyclic) bond motifs is 2. The Hall–Kier alpha value is -0.870. The van der Waals surface area contributed by atoms with E-state index in [2.05, 4.69) is 29.4 Å². The van der Waals surface area contributed by atoms with Crippen LogP contribution in [0.4, 0.5) is 0 Å². The van der Waals surface area contributed by atoms with E-state index < -0.39 is 0 Å². The molecule has 2 aliphatic heterocycles. The van der Waals surface area contributed by atoms with Crippen molar-refractivity contribution in [1.29, 1.82) is 0 Å². The Morgan fingerprint density at radius 2 is 2.29 bits per heavy atom. The number of aryl methyl sites for hydroxylation is 2. The van der Waals surface area contributed by atoms with Gasteiger partial charge in [0.15, 0.2) is 0 Å². The van der Waals surface area contributed by atoms with Crippen LogP contribution in [0.15, 0.2) is 0 Å². The predicted molar refractivity (Wildman–Crippen MR) is 65.8 cm³/mol. The number of rotatable bonds is 4. The zero-order valence-corrected chi connectivity index (χ0v) is 10.6. The minimum atomic E-state index is 0.527. The Bertz CT molecular complexity index is 382. The van der Waals surface area contributed by atoms with Crippen molar-refractivity contribution in [2.24, 2.45) is 5.92 Å². The van der Waals surface area contributed by atoms with E-state index in [1.807, 2.05) is 0 Å². The topological polar surface area (TPSA) is 49.9 Å². The molecular formula is C13H21N3O. The highest BCUT2D eigenvalue weighted by Crippen LogP contribution is 2.38. The quantitative estimate of drug-likeness (QED) is 0.835. The van der Waals surface area contributed by atoms with Crippen LogP contribution in [0.2, 0.25) is 0 Å². The van der Waals surface area contributed by atoms with Crippen molar-refractivity contribution in [3.05, 3.63) is 17.0 Å². The number of nitrogens with zero attached hydrogens (tertiary/aromatic N) is 1. The third kappa shape index (κ3) is 2.11. The fourth-order valence-electron chi connectivity index (χ4n) is 3.17. The van der Waals surface area contributed by atoms with Gasteiger partial charge in [-0.3, -0.25) is 5.10 Å². The largest absolute Gasteiger partial charge is 0.375 e. The molecule has 17 heavy (non-hydrogen) atoms. The van der Waals surface area contributed by atoms with E-state index in [4.69, 9.17) is 4.74 Å². The number of nitrogens with one attached hydrogen (secondary N) is 2. The molecule has 2 fully saturated rings. The molecule has 0 aliphatic carbocycles. The summed E-state index contributed by atoms with van der Waals surface area (Å²) in [5, 5.41) is 10.8. The number of aromatic amines is 1. The fourth-order valence-corrected chi connectivity index (χ4v) is 3.17. The lowest BCUT2D eigenvalue weighted by atomic mass is 9.89. The van der Waals surface area contributed by atoms with Crippen molar-refractivity contribution in [3.63, 3.8) is 0 Å². The first kappa shape index (κ1) is 11.2. The maximum absolute atomic E-state index is 5.86. The minimum Gasteiger partial charge on any atom is -0.375 e. The van der Waals surface area contributed by atoms with E-state index in [1.165, 1.54) is 30.5 Å². The van der Waals surface area contributed by atoms with E-state index in [9.17, 15) is 0 Å². The van der Waals surface area contributed by atoms with Crippen LogP contribution in [0.1, 0.15) is 36.2 Å². The van der Waals surface area contributed by atoms with Gasteiger partial charge in [-0.1, -0.05) is 0 Å². The molecule has 2 saturated heterocycles. The van der Waals surface area contributed by atoms with Gasteiger partial charge in [-0.2, -0.15) is 5.10 Å². The average Bonchev–Trinajstić information content (AvgIpc) is 2.99. The van der Waals surface area contributed by atoms with Gasteiger partial charge < -0.3 is 10.1 Å². The number of aromatic nitrogens is 2. The molecule has 2 N–H and O–H groups in total. The van der Waals surface area contributed by atoms with Crippen LogP contribution in [0.5, 0.6) is 0 Å². The molecule has 0 aromatic carbocycles. The third-order valence-corrected chi connectivity index (χ3v) is 4.22. The smallest absolute Gasteiger partial charge is 0.0638 e. The highest BCUT2D eigenvalue weighted by Gasteiger charge is 2.40. The van der Waals surface area contributed by atoms with Gasteiger partial charge in [0.25, 0.3) is 0 Å². The molecule has 4 nitrogen and oxygen atoms in total. The number of H-pyrrole nitrogens is 1. The summed E-state index contributed by atoms with van der Waals surface area (Å²) in [5.41, 5.74) is 3.60. The fraction of sp³-hybridized carbons (Fsp3) is 0.769. The van der Waals surface area contributed by atoms with Crippen LogP contribution in [0.3, 0.4) is 0 Å². The zero-order chi connectivity index (χ0) is 11.8. The van der Waals surface area contributed by atoms with Crippen molar-refractivity contribution in [2.75, 3.05) is 6.54 Å². The van der Waals surface area contributed by atoms with Crippen LogP contribution < -0.4 is 5.32 Å². The zero-order valence-electron chi connectivity index (χ0n) is 10.6. The van der Waals surface area contributed by atoms with E-state index >= 15 is 0 Å². The van der Waals surface area contributed by atoms with Crippen molar-refractivity contribution in [2.45, 2.75) is 51.9 Å². The van der Waals surface area contributed by atoms with E-state index in [0.29, 0.717) is 12.2 Å². The average molecular weight is 235 g/mol. The molecule has 1 aromatic rings. The molecule has 2 aliphatic rings. The lowest BCUT2D eigenvalue weighted by Crippen LogP contribution is -2.29. The van der Waals surface area contributed by atoms with E-state index in [-0.39, 0.29) is 0 Å². The predicted octanol–water partition coefficient (Wildman–Crippen LogP) is 1.68. The number of hydrogen-bond acceptors (Lipinski definition) is 3. The molecule has 0 spiro atoms. The van der Waals surface area contributed by atoms with Crippen LogP contribution in [-0.4, -0.2) is 29.0 Å². The van der Waals surface area contributed by atoms with Gasteiger partial charge >= 0.3 is 0 Å². The third-order valence-electron chi connectivity index (χ3n) is 4.22. The Kier molecular flexibility index (Phi) is 2.92. The molecule has 3 rings (SSSR count). The molecule has 3 atom stereocenters. The summed E-state index contributed by atoms with van der Waals surface area (Å²) >= 11 is 0. The highest BCUT2D eigenvalue weighted by atomic mass is 16.5. The summed E-state index contributed by atoms with van der Waals surface area (Å²) in [4.78, 5) is 0. The number of ether oxygens (including phenoxy) is 1. The summed E-state index contributed by atoms with van der Waals surface area (Å²) in [6.07, 6.45) is 4.88. The lowest BCUT2D eigenvalue weighted by molar-refractivity contribution is 0.0924.